The minimum atomic E-state index is 0.224. The minimum absolute atomic E-state index is 0.224. The summed E-state index contributed by atoms with van der Waals surface area (Å²) in [6, 6.07) is 7.11. The van der Waals surface area contributed by atoms with Gasteiger partial charge in [0.15, 0.2) is 5.82 Å². The standard InChI is InChI=1S/C13H12N4O2/c18-10-2-1-9-3-5-14-13(11(9)7-10)15-6-4-12-16-8-19-17-12/h1-3,5,7-8,18H,4,6H2,(H,14,15). The molecule has 3 rings (SSSR count). The highest BCUT2D eigenvalue weighted by Gasteiger charge is 2.04. The van der Waals surface area contributed by atoms with Crippen LogP contribution in [0.15, 0.2) is 41.4 Å². The van der Waals surface area contributed by atoms with Crippen molar-refractivity contribution in [3.8, 4) is 5.75 Å². The molecular weight excluding hydrogens is 244 g/mol. The number of benzene rings is 1. The lowest BCUT2D eigenvalue weighted by molar-refractivity contribution is 0.410. The maximum Gasteiger partial charge on any atom is 0.213 e. The molecule has 0 spiro atoms. The fraction of sp³-hybridized carbons (Fsp3) is 0.154. The molecule has 96 valence electrons. The van der Waals surface area contributed by atoms with Crippen molar-refractivity contribution in [1.82, 2.24) is 15.1 Å². The first-order chi connectivity index (χ1) is 9.33. The Morgan fingerprint density at radius 1 is 1.21 bits per heavy atom. The predicted molar refractivity (Wildman–Crippen MR) is 69.9 cm³/mol. The summed E-state index contributed by atoms with van der Waals surface area (Å²) in [7, 11) is 0. The van der Waals surface area contributed by atoms with Crippen LogP contribution in [-0.4, -0.2) is 26.8 Å². The van der Waals surface area contributed by atoms with E-state index in [1.54, 1.807) is 18.3 Å². The molecule has 0 saturated carbocycles. The van der Waals surface area contributed by atoms with Gasteiger partial charge in [-0.3, -0.25) is 0 Å². The van der Waals surface area contributed by atoms with Gasteiger partial charge in [-0.2, -0.15) is 4.98 Å². The third kappa shape index (κ3) is 2.47. The molecule has 2 heterocycles. The molecule has 1 aromatic carbocycles. The molecule has 0 saturated heterocycles. The van der Waals surface area contributed by atoms with Crippen molar-refractivity contribution in [2.75, 3.05) is 11.9 Å². The van der Waals surface area contributed by atoms with E-state index in [1.807, 2.05) is 12.1 Å². The fourth-order valence-electron chi connectivity index (χ4n) is 1.89. The molecule has 0 aliphatic carbocycles. The lowest BCUT2D eigenvalue weighted by Gasteiger charge is -2.07. The van der Waals surface area contributed by atoms with Crippen molar-refractivity contribution in [3.05, 3.63) is 42.7 Å². The summed E-state index contributed by atoms with van der Waals surface area (Å²) in [6.07, 6.45) is 3.69. The Balaban J connectivity index is 1.78. The summed E-state index contributed by atoms with van der Waals surface area (Å²) in [4.78, 5) is 8.23. The lowest BCUT2D eigenvalue weighted by Crippen LogP contribution is -2.07. The molecule has 3 aromatic rings. The number of phenolic OH excluding ortho intramolecular Hbond substituents is 1. The molecule has 0 unspecified atom stereocenters. The SMILES string of the molecule is Oc1ccc2ccnc(NCCc3ncon3)c2c1. The Labute approximate surface area is 109 Å². The van der Waals surface area contributed by atoms with Crippen LogP contribution in [0, 0.1) is 0 Å². The van der Waals surface area contributed by atoms with Gasteiger partial charge in [-0.1, -0.05) is 11.2 Å². The molecule has 0 radical (unpaired) electrons. The summed E-state index contributed by atoms with van der Waals surface area (Å²) in [5, 5.41) is 18.4. The quantitative estimate of drug-likeness (QED) is 0.742. The number of fused-ring (bicyclic) bond motifs is 1. The third-order valence-electron chi connectivity index (χ3n) is 2.80. The van der Waals surface area contributed by atoms with Gasteiger partial charge in [0, 0.05) is 24.5 Å². The van der Waals surface area contributed by atoms with E-state index in [0.717, 1.165) is 16.6 Å². The highest BCUT2D eigenvalue weighted by Crippen LogP contribution is 2.24. The highest BCUT2D eigenvalue weighted by molar-refractivity contribution is 5.92. The molecule has 0 aliphatic rings. The molecule has 0 fully saturated rings. The minimum Gasteiger partial charge on any atom is -0.508 e. The number of anilines is 1. The zero-order valence-corrected chi connectivity index (χ0v) is 10.1. The molecule has 0 amide bonds. The van der Waals surface area contributed by atoms with Gasteiger partial charge >= 0.3 is 0 Å². The number of rotatable bonds is 4. The van der Waals surface area contributed by atoms with Crippen LogP contribution < -0.4 is 5.32 Å². The Hall–Kier alpha value is -2.63. The number of nitrogens with zero attached hydrogens (tertiary/aromatic N) is 3. The molecule has 6 heteroatoms. The van der Waals surface area contributed by atoms with E-state index < -0.39 is 0 Å². The second kappa shape index (κ2) is 4.93. The Morgan fingerprint density at radius 3 is 3.00 bits per heavy atom. The second-order valence-corrected chi connectivity index (χ2v) is 4.09. The molecule has 2 N–H and O–H groups in total. The largest absolute Gasteiger partial charge is 0.508 e. The number of nitrogens with one attached hydrogen (secondary N) is 1. The second-order valence-electron chi connectivity index (χ2n) is 4.09. The van der Waals surface area contributed by atoms with Crippen LogP contribution in [0.25, 0.3) is 10.8 Å². The number of aromatic nitrogens is 3. The molecule has 19 heavy (non-hydrogen) atoms. The van der Waals surface area contributed by atoms with E-state index in [-0.39, 0.29) is 5.75 Å². The van der Waals surface area contributed by atoms with Gasteiger partial charge < -0.3 is 14.9 Å². The summed E-state index contributed by atoms with van der Waals surface area (Å²) >= 11 is 0. The average molecular weight is 256 g/mol. The third-order valence-corrected chi connectivity index (χ3v) is 2.80. The Bertz CT molecular complexity index is 682. The lowest BCUT2D eigenvalue weighted by atomic mass is 10.1. The monoisotopic (exact) mass is 256 g/mol. The molecule has 0 bridgehead atoms. The van der Waals surface area contributed by atoms with E-state index in [1.165, 1.54) is 6.39 Å². The zero-order chi connectivity index (χ0) is 13.1. The first-order valence-electron chi connectivity index (χ1n) is 5.90. The van der Waals surface area contributed by atoms with Crippen molar-refractivity contribution in [2.45, 2.75) is 6.42 Å². The van der Waals surface area contributed by atoms with Crippen molar-refractivity contribution >= 4 is 16.6 Å². The highest BCUT2D eigenvalue weighted by atomic mass is 16.5. The summed E-state index contributed by atoms with van der Waals surface area (Å²) in [5.41, 5.74) is 0. The molecule has 0 aliphatic heterocycles. The molecular formula is C13H12N4O2. The zero-order valence-electron chi connectivity index (χ0n) is 10.1. The van der Waals surface area contributed by atoms with E-state index in [4.69, 9.17) is 0 Å². The van der Waals surface area contributed by atoms with Crippen LogP contribution in [0.2, 0.25) is 0 Å². The van der Waals surface area contributed by atoms with Crippen molar-refractivity contribution < 1.29 is 9.63 Å². The smallest absolute Gasteiger partial charge is 0.213 e. The number of hydrogen-bond donors (Lipinski definition) is 2. The number of hydrogen-bond acceptors (Lipinski definition) is 6. The topological polar surface area (TPSA) is 84.1 Å². The first-order valence-corrected chi connectivity index (χ1v) is 5.90. The number of aromatic hydroxyl groups is 1. The van der Waals surface area contributed by atoms with Gasteiger partial charge in [-0.25, -0.2) is 4.98 Å². The fourth-order valence-corrected chi connectivity index (χ4v) is 1.89. The molecule has 2 aromatic heterocycles. The molecule has 6 nitrogen and oxygen atoms in total. The normalized spacial score (nSPS) is 10.7. The summed E-state index contributed by atoms with van der Waals surface area (Å²) < 4.78 is 4.67. The Kier molecular flexibility index (Phi) is 2.97. The van der Waals surface area contributed by atoms with Crippen molar-refractivity contribution in [1.29, 1.82) is 0 Å². The summed E-state index contributed by atoms with van der Waals surface area (Å²) in [6.45, 7) is 0.640. The maximum atomic E-state index is 9.54. The molecule has 0 atom stereocenters. The van der Waals surface area contributed by atoms with E-state index >= 15 is 0 Å². The van der Waals surface area contributed by atoms with Gasteiger partial charge in [0.25, 0.3) is 0 Å². The van der Waals surface area contributed by atoms with Crippen LogP contribution in [-0.2, 0) is 6.42 Å². The van der Waals surface area contributed by atoms with Gasteiger partial charge in [-0.05, 0) is 23.6 Å². The van der Waals surface area contributed by atoms with Crippen LogP contribution >= 0.6 is 0 Å². The van der Waals surface area contributed by atoms with E-state index in [9.17, 15) is 5.11 Å². The predicted octanol–water partition coefficient (Wildman–Crippen LogP) is 1.98. The maximum absolute atomic E-state index is 9.54. The van der Waals surface area contributed by atoms with Gasteiger partial charge in [-0.15, -0.1) is 0 Å². The van der Waals surface area contributed by atoms with Crippen LogP contribution in [0.1, 0.15) is 5.82 Å². The van der Waals surface area contributed by atoms with Crippen molar-refractivity contribution in [2.24, 2.45) is 0 Å². The number of phenols is 1. The average Bonchev–Trinajstić information content (AvgIpc) is 2.92. The van der Waals surface area contributed by atoms with Crippen LogP contribution in [0.5, 0.6) is 5.75 Å². The van der Waals surface area contributed by atoms with Crippen LogP contribution in [0.4, 0.5) is 5.82 Å². The van der Waals surface area contributed by atoms with Gasteiger partial charge in [0.1, 0.15) is 11.6 Å². The van der Waals surface area contributed by atoms with Gasteiger partial charge in [0.2, 0.25) is 6.39 Å². The summed E-state index contributed by atoms with van der Waals surface area (Å²) in [5.74, 6) is 1.61. The first kappa shape index (κ1) is 11.5. The van der Waals surface area contributed by atoms with Gasteiger partial charge in [0.05, 0.1) is 0 Å². The van der Waals surface area contributed by atoms with E-state index in [2.05, 4.69) is 25.0 Å². The Morgan fingerprint density at radius 2 is 2.16 bits per heavy atom. The van der Waals surface area contributed by atoms with E-state index in [0.29, 0.717) is 18.8 Å². The van der Waals surface area contributed by atoms with Crippen molar-refractivity contribution in [3.63, 3.8) is 0 Å². The van der Waals surface area contributed by atoms with Crippen LogP contribution in [0.3, 0.4) is 0 Å². The number of pyridine rings is 1.